The molecular formula is C25H36N+. The molecule has 1 aromatic heterocycles. The summed E-state index contributed by atoms with van der Waals surface area (Å²) in [6.45, 7) is 14.2. The largest absolute Gasteiger partial charge is 0.213 e. The van der Waals surface area contributed by atoms with Gasteiger partial charge in [-0.15, -0.1) is 0 Å². The lowest BCUT2D eigenvalue weighted by atomic mass is 9.58. The van der Waals surface area contributed by atoms with E-state index in [1.165, 1.54) is 41.6 Å². The Labute approximate surface area is 160 Å². The van der Waals surface area contributed by atoms with Crippen LogP contribution in [0.15, 0.2) is 36.5 Å². The fourth-order valence-corrected chi connectivity index (χ4v) is 5.39. The van der Waals surface area contributed by atoms with Crippen molar-refractivity contribution in [1.29, 1.82) is 0 Å². The Morgan fingerprint density at radius 3 is 2.27 bits per heavy atom. The topological polar surface area (TPSA) is 3.88 Å². The smallest absolute Gasteiger partial charge is 0.192 e. The molecule has 0 bridgehead atoms. The maximum absolute atomic E-state index is 2.67. The van der Waals surface area contributed by atoms with Gasteiger partial charge in [0.1, 0.15) is 0 Å². The van der Waals surface area contributed by atoms with Gasteiger partial charge >= 0.3 is 0 Å². The van der Waals surface area contributed by atoms with E-state index in [0.29, 0.717) is 0 Å². The molecule has 1 heteroatoms. The molecule has 0 saturated carbocycles. The lowest BCUT2D eigenvalue weighted by molar-refractivity contribution is -0.770. The lowest BCUT2D eigenvalue weighted by Gasteiger charge is -2.48. The predicted octanol–water partition coefficient (Wildman–Crippen LogP) is 6.49. The minimum Gasteiger partial charge on any atom is -0.192 e. The fourth-order valence-electron chi connectivity index (χ4n) is 5.39. The second kappa shape index (κ2) is 7.18. The Kier molecular flexibility index (Phi) is 5.28. The highest BCUT2D eigenvalue weighted by Crippen LogP contribution is 2.51. The highest BCUT2D eigenvalue weighted by atomic mass is 15.1. The van der Waals surface area contributed by atoms with Gasteiger partial charge in [-0.05, 0) is 50.8 Å². The third-order valence-electron chi connectivity index (χ3n) is 7.24. The maximum Gasteiger partial charge on any atom is 0.213 e. The zero-order valence-electron chi connectivity index (χ0n) is 17.7. The zero-order chi connectivity index (χ0) is 18.9. The van der Waals surface area contributed by atoms with E-state index in [2.05, 4.69) is 82.6 Å². The molecule has 1 nitrogen and oxygen atoms in total. The Hall–Kier alpha value is -1.63. The molecule has 3 rings (SSSR count). The van der Waals surface area contributed by atoms with Crippen molar-refractivity contribution in [3.05, 3.63) is 53.2 Å². The summed E-state index contributed by atoms with van der Waals surface area (Å²) in [5, 5.41) is 0. The molecule has 0 saturated heterocycles. The van der Waals surface area contributed by atoms with Gasteiger partial charge in [-0.3, -0.25) is 0 Å². The van der Waals surface area contributed by atoms with Gasteiger partial charge in [0, 0.05) is 24.5 Å². The van der Waals surface area contributed by atoms with Crippen molar-refractivity contribution < 1.29 is 4.57 Å². The predicted molar refractivity (Wildman–Crippen MR) is 112 cm³/mol. The van der Waals surface area contributed by atoms with Crippen LogP contribution in [-0.4, -0.2) is 0 Å². The van der Waals surface area contributed by atoms with E-state index in [-0.39, 0.29) is 11.0 Å². The van der Waals surface area contributed by atoms with Crippen molar-refractivity contribution in [3.63, 3.8) is 0 Å². The highest BCUT2D eigenvalue weighted by Gasteiger charge is 2.58. The first-order valence-electron chi connectivity index (χ1n) is 10.6. The molecule has 1 aliphatic heterocycles. The van der Waals surface area contributed by atoms with Gasteiger partial charge in [0.25, 0.3) is 0 Å². The van der Waals surface area contributed by atoms with E-state index >= 15 is 0 Å². The molecule has 2 heterocycles. The number of aryl methyl sites for hydroxylation is 2. The minimum atomic E-state index is 0.139. The van der Waals surface area contributed by atoms with Gasteiger partial charge in [-0.2, -0.15) is 4.57 Å². The summed E-state index contributed by atoms with van der Waals surface area (Å²) in [6.07, 6.45) is 9.68. The van der Waals surface area contributed by atoms with Crippen molar-refractivity contribution >= 4 is 0 Å². The first-order chi connectivity index (χ1) is 12.5. The van der Waals surface area contributed by atoms with Crippen LogP contribution in [0.25, 0.3) is 11.3 Å². The number of unbranched alkanes of at least 4 members (excludes halogenated alkanes) is 1. The van der Waals surface area contributed by atoms with Crippen molar-refractivity contribution in [2.45, 2.75) is 91.0 Å². The molecule has 0 radical (unpaired) electrons. The number of hydrogen-bond acceptors (Lipinski definition) is 0. The van der Waals surface area contributed by atoms with E-state index in [1.807, 2.05) is 0 Å². The van der Waals surface area contributed by atoms with Crippen LogP contribution in [0.5, 0.6) is 0 Å². The molecule has 0 amide bonds. The summed E-state index contributed by atoms with van der Waals surface area (Å²) in [6, 6.07) is 11.8. The van der Waals surface area contributed by atoms with Gasteiger partial charge in [-0.1, -0.05) is 51.8 Å². The molecule has 1 atom stereocenters. The van der Waals surface area contributed by atoms with Gasteiger partial charge in [0.05, 0.1) is 11.0 Å². The Balaban J connectivity index is 2.33. The summed E-state index contributed by atoms with van der Waals surface area (Å²) < 4.78 is 2.67. The van der Waals surface area contributed by atoms with Crippen molar-refractivity contribution in [3.8, 4) is 11.3 Å². The highest BCUT2D eigenvalue weighted by molar-refractivity contribution is 5.66. The third-order valence-corrected chi connectivity index (χ3v) is 7.24. The number of nitrogens with zero attached hydrogens (tertiary/aromatic N) is 1. The van der Waals surface area contributed by atoms with Gasteiger partial charge in [-0.25, -0.2) is 0 Å². The van der Waals surface area contributed by atoms with Crippen molar-refractivity contribution in [2.75, 3.05) is 0 Å². The molecule has 26 heavy (non-hydrogen) atoms. The average molecular weight is 351 g/mol. The van der Waals surface area contributed by atoms with Crippen LogP contribution in [0, 0.1) is 6.92 Å². The zero-order valence-corrected chi connectivity index (χ0v) is 17.7. The third kappa shape index (κ3) is 2.63. The quantitative estimate of drug-likeness (QED) is 0.524. The van der Waals surface area contributed by atoms with Gasteiger partial charge < -0.3 is 0 Å². The number of benzene rings is 1. The lowest BCUT2D eigenvalue weighted by Crippen LogP contribution is -2.69. The second-order valence-electron chi connectivity index (χ2n) is 8.37. The van der Waals surface area contributed by atoms with Crippen LogP contribution in [0.4, 0.5) is 0 Å². The SMILES string of the molecule is CCCCc1ccc2[n+](c1)C(CC)(CC)C(C)(CC)c1cc(C)ccc1-2. The molecule has 0 spiro atoms. The molecule has 0 N–H and O–H groups in total. The van der Waals surface area contributed by atoms with Crippen molar-refractivity contribution in [2.24, 2.45) is 0 Å². The van der Waals surface area contributed by atoms with Crippen LogP contribution in [-0.2, 0) is 17.4 Å². The summed E-state index contributed by atoms with van der Waals surface area (Å²) in [5.74, 6) is 0. The Morgan fingerprint density at radius 2 is 1.65 bits per heavy atom. The second-order valence-corrected chi connectivity index (χ2v) is 8.37. The van der Waals surface area contributed by atoms with Gasteiger partial charge in [0.2, 0.25) is 5.69 Å². The van der Waals surface area contributed by atoms with E-state index in [0.717, 1.165) is 19.3 Å². The summed E-state index contributed by atoms with van der Waals surface area (Å²) in [4.78, 5) is 0. The van der Waals surface area contributed by atoms with Crippen molar-refractivity contribution in [1.82, 2.24) is 0 Å². The molecule has 1 aromatic carbocycles. The Bertz CT molecular complexity index is 785. The molecule has 0 aliphatic carbocycles. The molecule has 0 fully saturated rings. The number of pyridine rings is 1. The number of rotatable bonds is 6. The molecule has 1 unspecified atom stereocenters. The van der Waals surface area contributed by atoms with Crippen LogP contribution in [0.1, 0.15) is 83.4 Å². The van der Waals surface area contributed by atoms with Gasteiger partial charge in [0.15, 0.2) is 11.7 Å². The maximum atomic E-state index is 2.67. The molecule has 2 aromatic rings. The Morgan fingerprint density at radius 1 is 0.923 bits per heavy atom. The number of hydrogen-bond donors (Lipinski definition) is 0. The van der Waals surface area contributed by atoms with Crippen LogP contribution < -0.4 is 4.57 Å². The number of aromatic nitrogens is 1. The van der Waals surface area contributed by atoms with E-state index in [1.54, 1.807) is 5.56 Å². The van der Waals surface area contributed by atoms with Crippen LogP contribution in [0.2, 0.25) is 0 Å². The summed E-state index contributed by atoms with van der Waals surface area (Å²) in [7, 11) is 0. The number of fused-ring (bicyclic) bond motifs is 3. The van der Waals surface area contributed by atoms with E-state index in [9.17, 15) is 0 Å². The van der Waals surface area contributed by atoms with E-state index < -0.39 is 0 Å². The molecule has 1 aliphatic rings. The normalized spacial score (nSPS) is 20.5. The monoisotopic (exact) mass is 350 g/mol. The first kappa shape index (κ1) is 19.1. The van der Waals surface area contributed by atoms with E-state index in [4.69, 9.17) is 0 Å². The molecule has 140 valence electrons. The van der Waals surface area contributed by atoms with Crippen LogP contribution >= 0.6 is 0 Å². The minimum absolute atomic E-state index is 0.139. The molecular weight excluding hydrogens is 314 g/mol. The average Bonchev–Trinajstić information content (AvgIpc) is 2.67. The first-order valence-corrected chi connectivity index (χ1v) is 10.6. The van der Waals surface area contributed by atoms with Crippen LogP contribution in [0.3, 0.4) is 0 Å². The fraction of sp³-hybridized carbons (Fsp3) is 0.560. The standard InChI is InChI=1S/C25H36N/c1-7-11-12-20-14-16-23-21-15-13-19(5)17-22(21)24(6,8-2)25(9-3,10-4)26(23)18-20/h13-18H,7-12H2,1-6H3/q+1. The summed E-state index contributed by atoms with van der Waals surface area (Å²) in [5.41, 5.74) is 7.52. The summed E-state index contributed by atoms with van der Waals surface area (Å²) >= 11 is 0.